The number of hydrogen-bond donors (Lipinski definition) is 0. The van der Waals surface area contributed by atoms with E-state index < -0.39 is 0 Å². The minimum atomic E-state index is 0.479. The molecule has 0 heterocycles. The van der Waals surface area contributed by atoms with Crippen molar-refractivity contribution in [3.8, 4) is 0 Å². The molecule has 0 aliphatic carbocycles. The summed E-state index contributed by atoms with van der Waals surface area (Å²) in [6.07, 6.45) is 24.2. The van der Waals surface area contributed by atoms with Crippen LogP contribution in [0.5, 0.6) is 0 Å². The van der Waals surface area contributed by atoms with Crippen LogP contribution >= 0.6 is 0 Å². The molecule has 0 rings (SSSR count). The first-order valence-electron chi connectivity index (χ1n) is 11.0. The maximum absolute atomic E-state index is 2.46. The van der Waals surface area contributed by atoms with E-state index >= 15 is 0 Å². The van der Waals surface area contributed by atoms with Crippen LogP contribution in [0.3, 0.4) is 0 Å². The van der Waals surface area contributed by atoms with Gasteiger partial charge in [-0.05, 0) is 36.5 Å². The number of unbranched alkanes of at least 4 members (excludes halogenated alkanes) is 8. The van der Waals surface area contributed by atoms with E-state index in [1.54, 1.807) is 0 Å². The number of allylic oxidation sites excluding steroid dienone is 2. The molecule has 0 amide bonds. The monoisotopic (exact) mass is 336 g/mol. The normalized spacial score (nSPS) is 13.1. The third kappa shape index (κ3) is 15.3. The fourth-order valence-corrected chi connectivity index (χ4v) is 3.42. The summed E-state index contributed by atoms with van der Waals surface area (Å²) in [6, 6.07) is 0. The third-order valence-corrected chi connectivity index (χ3v) is 5.42. The van der Waals surface area contributed by atoms with E-state index in [0.29, 0.717) is 10.8 Å². The summed E-state index contributed by atoms with van der Waals surface area (Å²) >= 11 is 0. The van der Waals surface area contributed by atoms with Crippen molar-refractivity contribution in [2.45, 2.75) is 131 Å². The first kappa shape index (κ1) is 23.7. The Hall–Kier alpha value is -0.260. The van der Waals surface area contributed by atoms with Crippen molar-refractivity contribution >= 4 is 0 Å². The zero-order chi connectivity index (χ0) is 18.3. The average molecular weight is 337 g/mol. The molecule has 0 spiro atoms. The lowest BCUT2D eigenvalue weighted by Gasteiger charge is -2.24. The summed E-state index contributed by atoms with van der Waals surface area (Å²) in [6.45, 7) is 14.3. The fraction of sp³-hybridized carbons (Fsp3) is 0.917. The van der Waals surface area contributed by atoms with Crippen LogP contribution in [-0.2, 0) is 0 Å². The van der Waals surface area contributed by atoms with E-state index in [9.17, 15) is 0 Å². The smallest absolute Gasteiger partial charge is 0.0299 e. The molecule has 24 heavy (non-hydrogen) atoms. The molecule has 144 valence electrons. The molecular formula is C24H48. The van der Waals surface area contributed by atoms with Gasteiger partial charge >= 0.3 is 0 Å². The molecule has 0 aliphatic rings. The molecule has 0 nitrogen and oxygen atoms in total. The molecule has 0 aromatic carbocycles. The molecule has 0 unspecified atom stereocenters. The molecule has 0 N–H and O–H groups in total. The quantitative estimate of drug-likeness (QED) is 0.195. The Morgan fingerprint density at radius 1 is 0.500 bits per heavy atom. The van der Waals surface area contributed by atoms with Crippen molar-refractivity contribution in [3.05, 3.63) is 12.2 Å². The lowest BCUT2D eigenvalue weighted by molar-refractivity contribution is 0.314. The van der Waals surface area contributed by atoms with E-state index in [1.807, 2.05) is 0 Å². The van der Waals surface area contributed by atoms with Gasteiger partial charge in [0.05, 0.1) is 0 Å². The highest BCUT2D eigenvalue weighted by molar-refractivity contribution is 4.91. The first-order valence-corrected chi connectivity index (χ1v) is 11.0. The van der Waals surface area contributed by atoms with Gasteiger partial charge in [-0.15, -0.1) is 0 Å². The molecule has 0 aromatic rings. The van der Waals surface area contributed by atoms with E-state index in [-0.39, 0.29) is 0 Å². The van der Waals surface area contributed by atoms with Gasteiger partial charge in [0.2, 0.25) is 0 Å². The lowest BCUT2D eigenvalue weighted by Crippen LogP contribution is -2.11. The SMILES string of the molecule is CCCCCCCC(C)(C)CC=CCC(C)(C)CCCCCCC. The molecule has 0 saturated carbocycles. The topological polar surface area (TPSA) is 0 Å². The summed E-state index contributed by atoms with van der Waals surface area (Å²) < 4.78 is 0. The van der Waals surface area contributed by atoms with Crippen molar-refractivity contribution in [1.82, 2.24) is 0 Å². The Bertz CT molecular complexity index is 265. The molecule has 0 aromatic heterocycles. The summed E-state index contributed by atoms with van der Waals surface area (Å²) in [5.41, 5.74) is 0.958. The zero-order valence-corrected chi connectivity index (χ0v) is 18.1. The highest BCUT2D eigenvalue weighted by Gasteiger charge is 2.17. The summed E-state index contributed by atoms with van der Waals surface area (Å²) in [5, 5.41) is 0. The summed E-state index contributed by atoms with van der Waals surface area (Å²) in [7, 11) is 0. The predicted molar refractivity (Wildman–Crippen MR) is 113 cm³/mol. The van der Waals surface area contributed by atoms with Crippen molar-refractivity contribution in [2.75, 3.05) is 0 Å². The van der Waals surface area contributed by atoms with E-state index in [2.05, 4.69) is 53.7 Å². The molecule has 0 saturated heterocycles. The molecule has 0 bridgehead atoms. The van der Waals surface area contributed by atoms with Crippen molar-refractivity contribution in [3.63, 3.8) is 0 Å². The summed E-state index contributed by atoms with van der Waals surface area (Å²) in [5.74, 6) is 0. The maximum atomic E-state index is 2.46. The molecule has 0 fully saturated rings. The van der Waals surface area contributed by atoms with Gasteiger partial charge in [-0.1, -0.05) is 118 Å². The number of hydrogen-bond acceptors (Lipinski definition) is 0. The Kier molecular flexibility index (Phi) is 13.8. The maximum Gasteiger partial charge on any atom is -0.0299 e. The average Bonchev–Trinajstić information content (AvgIpc) is 2.51. The van der Waals surface area contributed by atoms with Crippen LogP contribution in [0.15, 0.2) is 12.2 Å². The van der Waals surface area contributed by atoms with Crippen molar-refractivity contribution < 1.29 is 0 Å². The largest absolute Gasteiger partial charge is 0.0880 e. The van der Waals surface area contributed by atoms with E-state index in [1.165, 1.54) is 89.9 Å². The zero-order valence-electron chi connectivity index (χ0n) is 18.1. The van der Waals surface area contributed by atoms with Crippen LogP contribution in [0.4, 0.5) is 0 Å². The second-order valence-corrected chi connectivity index (χ2v) is 9.54. The van der Waals surface area contributed by atoms with E-state index in [0.717, 1.165) is 0 Å². The van der Waals surface area contributed by atoms with E-state index in [4.69, 9.17) is 0 Å². The van der Waals surface area contributed by atoms with Gasteiger partial charge in [-0.2, -0.15) is 0 Å². The van der Waals surface area contributed by atoms with Gasteiger partial charge in [-0.25, -0.2) is 0 Å². The minimum Gasteiger partial charge on any atom is -0.0880 e. The molecule has 0 radical (unpaired) electrons. The highest BCUT2D eigenvalue weighted by atomic mass is 14.2. The van der Waals surface area contributed by atoms with Gasteiger partial charge in [0, 0.05) is 0 Å². The summed E-state index contributed by atoms with van der Waals surface area (Å²) in [4.78, 5) is 0. The first-order chi connectivity index (χ1) is 11.3. The van der Waals surface area contributed by atoms with Crippen molar-refractivity contribution in [1.29, 1.82) is 0 Å². The fourth-order valence-electron chi connectivity index (χ4n) is 3.42. The molecule has 0 aliphatic heterocycles. The third-order valence-electron chi connectivity index (χ3n) is 5.42. The second kappa shape index (κ2) is 14.0. The van der Waals surface area contributed by atoms with Gasteiger partial charge in [0.25, 0.3) is 0 Å². The van der Waals surface area contributed by atoms with Crippen LogP contribution in [0.25, 0.3) is 0 Å². The molecule has 0 heteroatoms. The standard InChI is InChI=1S/C24H48/c1-7-9-11-13-15-19-23(3,4)21-17-18-22-24(5,6)20-16-14-12-10-8-2/h17-18H,7-16,19-22H2,1-6H3. The van der Waals surface area contributed by atoms with Gasteiger partial charge in [0.15, 0.2) is 0 Å². The highest BCUT2D eigenvalue weighted by Crippen LogP contribution is 2.31. The number of rotatable bonds is 16. The lowest BCUT2D eigenvalue weighted by atomic mass is 9.81. The van der Waals surface area contributed by atoms with Crippen LogP contribution in [-0.4, -0.2) is 0 Å². The van der Waals surface area contributed by atoms with Crippen LogP contribution in [0.1, 0.15) is 131 Å². The van der Waals surface area contributed by atoms with Crippen LogP contribution < -0.4 is 0 Å². The predicted octanol–water partition coefficient (Wildman–Crippen LogP) is 9.10. The Morgan fingerprint density at radius 2 is 0.833 bits per heavy atom. The molecule has 0 atom stereocenters. The Morgan fingerprint density at radius 3 is 1.17 bits per heavy atom. The van der Waals surface area contributed by atoms with Crippen molar-refractivity contribution in [2.24, 2.45) is 10.8 Å². The van der Waals surface area contributed by atoms with Gasteiger partial charge in [0.1, 0.15) is 0 Å². The van der Waals surface area contributed by atoms with Crippen LogP contribution in [0, 0.1) is 10.8 Å². The van der Waals surface area contributed by atoms with Gasteiger partial charge < -0.3 is 0 Å². The van der Waals surface area contributed by atoms with Crippen LogP contribution in [0.2, 0.25) is 0 Å². The molecular weight excluding hydrogens is 288 g/mol. The Balaban J connectivity index is 3.85. The minimum absolute atomic E-state index is 0.479. The Labute approximate surface area is 154 Å². The van der Waals surface area contributed by atoms with Gasteiger partial charge in [-0.3, -0.25) is 0 Å². The second-order valence-electron chi connectivity index (χ2n) is 9.54.